The predicted molar refractivity (Wildman–Crippen MR) is 60.5 cm³/mol. The molecule has 0 bridgehead atoms. The van der Waals surface area contributed by atoms with Crippen molar-refractivity contribution >= 4 is 35.5 Å². The highest BCUT2D eigenvalue weighted by Gasteiger charge is 1.97. The van der Waals surface area contributed by atoms with E-state index < -0.39 is 8.26 Å². The summed E-state index contributed by atoms with van der Waals surface area (Å²) >= 11 is 0. The maximum absolute atomic E-state index is 10.9. The van der Waals surface area contributed by atoms with E-state index in [1.54, 1.807) is 19.2 Å². The summed E-state index contributed by atoms with van der Waals surface area (Å²) in [5, 5.41) is 2.54. The van der Waals surface area contributed by atoms with Crippen molar-refractivity contribution in [1.29, 1.82) is 0 Å². The van der Waals surface area contributed by atoms with Crippen molar-refractivity contribution in [2.24, 2.45) is 0 Å². The molecule has 0 aromatic heterocycles. The predicted octanol–water partition coefficient (Wildman–Crippen LogP) is 1.76. The van der Waals surface area contributed by atoms with Gasteiger partial charge in [-0.15, -0.1) is 0 Å². The minimum absolute atomic E-state index is 0.0411. The second-order valence-electron chi connectivity index (χ2n) is 2.32. The van der Waals surface area contributed by atoms with Crippen LogP contribution in [-0.2, 0) is 8.26 Å². The third kappa shape index (κ3) is 9.52. The smallest absolute Gasteiger partial charge is 0.317 e. The Morgan fingerprint density at radius 2 is 1.60 bits per heavy atom. The largest absolute Gasteiger partial charge is 0.355 e. The number of benzene rings is 1. The molecule has 1 amide bonds. The van der Waals surface area contributed by atoms with Crippen LogP contribution >= 0.6 is 21.4 Å². The molecular formula is C8H9Cl2NO3S. The fourth-order valence-electron chi connectivity index (χ4n) is 0.734. The van der Waals surface area contributed by atoms with Gasteiger partial charge < -0.3 is 5.32 Å². The van der Waals surface area contributed by atoms with E-state index in [4.69, 9.17) is 8.42 Å². The summed E-state index contributed by atoms with van der Waals surface area (Å²) in [5.41, 5.74) is 0.699. The molecule has 84 valence electrons. The summed E-state index contributed by atoms with van der Waals surface area (Å²) in [5.74, 6) is -0.0411. The number of carbonyl (C=O) groups is 1. The highest BCUT2D eigenvalue weighted by atomic mass is 36.0. The normalized spacial score (nSPS) is 9.80. The van der Waals surface area contributed by atoms with Gasteiger partial charge in [-0.2, -0.15) is 8.42 Å². The first-order valence-electron chi connectivity index (χ1n) is 3.76. The Morgan fingerprint density at radius 1 is 1.20 bits per heavy atom. The maximum Gasteiger partial charge on any atom is 0.317 e. The minimum Gasteiger partial charge on any atom is -0.355 e. The lowest BCUT2D eigenvalue weighted by molar-refractivity contribution is 0.0963. The van der Waals surface area contributed by atoms with Crippen LogP contribution in [-0.4, -0.2) is 21.4 Å². The third-order valence-electron chi connectivity index (χ3n) is 1.26. The van der Waals surface area contributed by atoms with Gasteiger partial charge in [0.1, 0.15) is 0 Å². The molecule has 0 aliphatic rings. The SMILES string of the molecule is CNC(=O)c1ccccc1.O=S(=O)(Cl)Cl. The zero-order chi connectivity index (χ0) is 11.9. The molecule has 0 aliphatic heterocycles. The van der Waals surface area contributed by atoms with Crippen molar-refractivity contribution in [3.63, 3.8) is 0 Å². The van der Waals surface area contributed by atoms with E-state index in [-0.39, 0.29) is 5.91 Å². The van der Waals surface area contributed by atoms with Gasteiger partial charge >= 0.3 is 8.26 Å². The van der Waals surface area contributed by atoms with Gasteiger partial charge in [-0.25, -0.2) is 0 Å². The molecule has 0 aliphatic carbocycles. The van der Waals surface area contributed by atoms with Crippen molar-refractivity contribution in [2.45, 2.75) is 0 Å². The molecule has 0 unspecified atom stereocenters. The second kappa shape index (κ2) is 6.66. The molecule has 0 saturated heterocycles. The van der Waals surface area contributed by atoms with Gasteiger partial charge in [0, 0.05) is 34.0 Å². The lowest BCUT2D eigenvalue weighted by Crippen LogP contribution is -2.17. The average Bonchev–Trinajstić information content (AvgIpc) is 2.15. The van der Waals surface area contributed by atoms with Crippen molar-refractivity contribution in [3.8, 4) is 0 Å². The fraction of sp³-hybridized carbons (Fsp3) is 0.125. The Labute approximate surface area is 97.1 Å². The van der Waals surface area contributed by atoms with Crippen LogP contribution in [0.4, 0.5) is 0 Å². The van der Waals surface area contributed by atoms with Crippen molar-refractivity contribution in [3.05, 3.63) is 35.9 Å². The number of hydrogen-bond donors (Lipinski definition) is 1. The Kier molecular flexibility index (Phi) is 6.31. The van der Waals surface area contributed by atoms with Crippen LogP contribution in [0, 0.1) is 0 Å². The summed E-state index contributed by atoms with van der Waals surface area (Å²) in [7, 11) is 6.43. The molecule has 1 rings (SSSR count). The van der Waals surface area contributed by atoms with E-state index in [1.807, 2.05) is 18.2 Å². The van der Waals surface area contributed by atoms with Gasteiger partial charge in [-0.3, -0.25) is 4.79 Å². The number of halogens is 2. The van der Waals surface area contributed by atoms with Crippen molar-refractivity contribution < 1.29 is 13.2 Å². The topological polar surface area (TPSA) is 63.2 Å². The van der Waals surface area contributed by atoms with E-state index >= 15 is 0 Å². The average molecular weight is 270 g/mol. The van der Waals surface area contributed by atoms with Crippen LogP contribution in [0.1, 0.15) is 10.4 Å². The Hall–Kier alpha value is -0.780. The summed E-state index contributed by atoms with van der Waals surface area (Å²) in [6.45, 7) is 0. The Balaban J connectivity index is 0.000000336. The van der Waals surface area contributed by atoms with E-state index in [0.29, 0.717) is 5.56 Å². The molecule has 1 aromatic rings. The van der Waals surface area contributed by atoms with E-state index in [9.17, 15) is 4.79 Å². The summed E-state index contributed by atoms with van der Waals surface area (Å²) < 4.78 is 18.3. The van der Waals surface area contributed by atoms with E-state index in [1.165, 1.54) is 0 Å². The van der Waals surface area contributed by atoms with Crippen molar-refractivity contribution in [2.75, 3.05) is 7.05 Å². The van der Waals surface area contributed by atoms with Crippen LogP contribution in [0.25, 0.3) is 0 Å². The Bertz CT molecular complexity index is 397. The molecule has 7 heteroatoms. The van der Waals surface area contributed by atoms with Crippen LogP contribution < -0.4 is 5.32 Å². The number of hydrogen-bond acceptors (Lipinski definition) is 3. The molecule has 0 fully saturated rings. The zero-order valence-electron chi connectivity index (χ0n) is 7.78. The maximum atomic E-state index is 10.9. The van der Waals surface area contributed by atoms with Gasteiger partial charge in [-0.1, -0.05) is 18.2 Å². The molecule has 1 N–H and O–H groups in total. The van der Waals surface area contributed by atoms with Gasteiger partial charge in [0.2, 0.25) is 0 Å². The number of carbonyl (C=O) groups excluding carboxylic acids is 1. The van der Waals surface area contributed by atoms with E-state index in [0.717, 1.165) is 0 Å². The monoisotopic (exact) mass is 269 g/mol. The first-order valence-corrected chi connectivity index (χ1v) is 6.89. The molecular weight excluding hydrogens is 261 g/mol. The van der Waals surface area contributed by atoms with Crippen LogP contribution in [0.5, 0.6) is 0 Å². The van der Waals surface area contributed by atoms with E-state index in [2.05, 4.69) is 26.7 Å². The summed E-state index contributed by atoms with van der Waals surface area (Å²) in [4.78, 5) is 10.9. The first-order chi connectivity index (χ1) is 6.84. The quantitative estimate of drug-likeness (QED) is 0.791. The standard InChI is InChI=1S/C8H9NO.Cl2O2S/c1-9-8(10)7-5-3-2-4-6-7;1-5(2,3)4/h2-6H,1H3,(H,9,10);. The molecule has 0 saturated carbocycles. The molecule has 4 nitrogen and oxygen atoms in total. The lowest BCUT2D eigenvalue weighted by Gasteiger charge is -1.96. The minimum atomic E-state index is -3.72. The van der Waals surface area contributed by atoms with Gasteiger partial charge in [-0.05, 0) is 12.1 Å². The molecule has 0 atom stereocenters. The Morgan fingerprint density at radius 3 is 1.93 bits per heavy atom. The molecule has 0 spiro atoms. The second-order valence-corrected chi connectivity index (χ2v) is 5.99. The van der Waals surface area contributed by atoms with Gasteiger partial charge in [0.05, 0.1) is 0 Å². The summed E-state index contributed by atoms with van der Waals surface area (Å²) in [6, 6.07) is 9.11. The molecule has 15 heavy (non-hydrogen) atoms. The summed E-state index contributed by atoms with van der Waals surface area (Å²) in [6.07, 6.45) is 0. The highest BCUT2D eigenvalue weighted by Crippen LogP contribution is 1.98. The molecule has 0 radical (unpaired) electrons. The van der Waals surface area contributed by atoms with Gasteiger partial charge in [0.15, 0.2) is 0 Å². The van der Waals surface area contributed by atoms with Crippen molar-refractivity contribution in [1.82, 2.24) is 5.32 Å². The zero-order valence-corrected chi connectivity index (χ0v) is 10.1. The number of rotatable bonds is 1. The number of nitrogens with one attached hydrogen (secondary N) is 1. The molecule has 0 heterocycles. The van der Waals surface area contributed by atoms with Crippen LogP contribution in [0.15, 0.2) is 30.3 Å². The van der Waals surface area contributed by atoms with Crippen LogP contribution in [0.2, 0.25) is 0 Å². The third-order valence-corrected chi connectivity index (χ3v) is 1.26. The lowest BCUT2D eigenvalue weighted by atomic mass is 10.2. The highest BCUT2D eigenvalue weighted by molar-refractivity contribution is 8.31. The molecule has 1 aromatic carbocycles. The van der Waals surface area contributed by atoms with Crippen LogP contribution in [0.3, 0.4) is 0 Å². The van der Waals surface area contributed by atoms with Gasteiger partial charge in [0.25, 0.3) is 5.91 Å². The fourth-order valence-corrected chi connectivity index (χ4v) is 0.734. The first kappa shape index (κ1) is 14.2. The number of amides is 1.